The molecule has 1 amide bonds. The molecule has 2 aliphatic rings. The van der Waals surface area contributed by atoms with Crippen LogP contribution in [0.5, 0.6) is 0 Å². The summed E-state index contributed by atoms with van der Waals surface area (Å²) in [6.07, 6.45) is 8.21. The topological polar surface area (TPSA) is 87.4 Å². The van der Waals surface area contributed by atoms with Crippen LogP contribution in [0.25, 0.3) is 5.82 Å². The van der Waals surface area contributed by atoms with E-state index in [1.54, 1.807) is 17.1 Å². The van der Waals surface area contributed by atoms with E-state index in [0.29, 0.717) is 13.0 Å². The average molecular weight is 495 g/mol. The van der Waals surface area contributed by atoms with E-state index in [1.165, 1.54) is 0 Å². The minimum Gasteiger partial charge on any atom is -0.355 e. The number of amides is 1. The number of carbonyl (C=O) groups is 1. The third-order valence-electron chi connectivity index (χ3n) is 5.37. The molecule has 2 N–H and O–H groups in total. The van der Waals surface area contributed by atoms with E-state index in [2.05, 4.69) is 30.6 Å². The predicted molar refractivity (Wildman–Crippen MR) is 118 cm³/mol. The summed E-state index contributed by atoms with van der Waals surface area (Å²) >= 11 is 0. The molecular formula is C19H26IN7O. The van der Waals surface area contributed by atoms with Crippen LogP contribution in [-0.2, 0) is 11.3 Å². The number of aliphatic imine (C=N–C) groups is 1. The molecule has 4 heterocycles. The zero-order valence-electron chi connectivity index (χ0n) is 16.0. The molecule has 1 spiro atoms. The smallest absolute Gasteiger partial charge is 0.220 e. The van der Waals surface area contributed by atoms with E-state index in [9.17, 15) is 4.79 Å². The molecule has 2 aromatic heterocycles. The maximum absolute atomic E-state index is 11.7. The summed E-state index contributed by atoms with van der Waals surface area (Å²) in [6.45, 7) is 3.26. The molecule has 1 unspecified atom stereocenters. The van der Waals surface area contributed by atoms with Gasteiger partial charge >= 0.3 is 0 Å². The van der Waals surface area contributed by atoms with Crippen LogP contribution >= 0.6 is 24.0 Å². The highest BCUT2D eigenvalue weighted by Crippen LogP contribution is 2.35. The Labute approximate surface area is 181 Å². The quantitative estimate of drug-likeness (QED) is 0.384. The highest BCUT2D eigenvalue weighted by atomic mass is 127. The zero-order valence-corrected chi connectivity index (χ0v) is 18.3. The van der Waals surface area contributed by atoms with Gasteiger partial charge in [0.15, 0.2) is 11.8 Å². The lowest BCUT2D eigenvalue weighted by Gasteiger charge is -2.40. The third-order valence-corrected chi connectivity index (χ3v) is 5.37. The Morgan fingerprint density at radius 2 is 2.32 bits per heavy atom. The molecule has 0 aliphatic carbocycles. The number of piperidine rings is 1. The second-order valence-corrected chi connectivity index (χ2v) is 7.35. The van der Waals surface area contributed by atoms with Crippen LogP contribution in [0.3, 0.4) is 0 Å². The number of hydrogen-bond acceptors (Lipinski definition) is 4. The molecular weight excluding hydrogens is 469 g/mol. The second kappa shape index (κ2) is 8.89. The van der Waals surface area contributed by atoms with Crippen molar-refractivity contribution in [2.24, 2.45) is 10.4 Å². The van der Waals surface area contributed by atoms with E-state index < -0.39 is 0 Å². The van der Waals surface area contributed by atoms with Gasteiger partial charge in [0.2, 0.25) is 5.91 Å². The fraction of sp³-hybridized carbons (Fsp3) is 0.474. The first-order chi connectivity index (χ1) is 13.2. The van der Waals surface area contributed by atoms with Gasteiger partial charge in [-0.25, -0.2) is 9.67 Å². The van der Waals surface area contributed by atoms with Crippen LogP contribution in [0.4, 0.5) is 0 Å². The van der Waals surface area contributed by atoms with Gasteiger partial charge in [-0.05, 0) is 36.6 Å². The Morgan fingerprint density at radius 3 is 3.04 bits per heavy atom. The Kier molecular flexibility index (Phi) is 6.53. The van der Waals surface area contributed by atoms with Crippen molar-refractivity contribution >= 4 is 35.8 Å². The SMILES string of the molecule is CN=C(NCc1ccnc(-n2cccn2)c1)N1CCCC2(CNC(=O)C2)C1.I. The molecule has 1 atom stereocenters. The van der Waals surface area contributed by atoms with Gasteiger partial charge in [0.1, 0.15) is 0 Å². The van der Waals surface area contributed by atoms with E-state index in [-0.39, 0.29) is 35.3 Å². The highest BCUT2D eigenvalue weighted by Gasteiger charge is 2.42. The number of carbonyl (C=O) groups excluding carboxylic acids is 1. The van der Waals surface area contributed by atoms with Crippen LogP contribution < -0.4 is 10.6 Å². The fourth-order valence-corrected chi connectivity index (χ4v) is 4.04. The van der Waals surface area contributed by atoms with Crippen LogP contribution in [0.15, 0.2) is 41.8 Å². The van der Waals surface area contributed by atoms with Crippen molar-refractivity contribution in [3.05, 3.63) is 42.4 Å². The predicted octanol–water partition coefficient (Wildman–Crippen LogP) is 1.56. The second-order valence-electron chi connectivity index (χ2n) is 7.35. The standard InChI is InChI=1S/C19H25N7O.HI/c1-20-18(25-8-2-5-19(14-25)11-17(27)23-13-19)22-12-15-4-7-21-16(10-15)26-9-3-6-24-26;/h3-4,6-7,9-10H,2,5,8,11-14H2,1H3,(H,20,22)(H,23,27);1H. The van der Waals surface area contributed by atoms with Crippen LogP contribution in [0.2, 0.25) is 0 Å². The number of rotatable bonds is 3. The van der Waals surface area contributed by atoms with Gasteiger partial charge in [-0.2, -0.15) is 5.10 Å². The third kappa shape index (κ3) is 4.45. The maximum Gasteiger partial charge on any atom is 0.220 e. The Morgan fingerprint density at radius 1 is 1.43 bits per heavy atom. The lowest BCUT2D eigenvalue weighted by atomic mass is 9.79. The summed E-state index contributed by atoms with van der Waals surface area (Å²) in [5.41, 5.74) is 1.16. The van der Waals surface area contributed by atoms with Gasteiger partial charge in [0.25, 0.3) is 0 Å². The number of hydrogen-bond donors (Lipinski definition) is 2. The van der Waals surface area contributed by atoms with Gasteiger partial charge in [-0.15, -0.1) is 24.0 Å². The number of guanidine groups is 1. The van der Waals surface area contributed by atoms with Gasteiger partial charge in [-0.1, -0.05) is 0 Å². The molecule has 9 heteroatoms. The molecule has 0 radical (unpaired) electrons. The molecule has 2 fully saturated rings. The molecule has 150 valence electrons. The summed E-state index contributed by atoms with van der Waals surface area (Å²) in [5.74, 6) is 1.84. The van der Waals surface area contributed by atoms with Crippen LogP contribution in [-0.4, -0.2) is 58.2 Å². The van der Waals surface area contributed by atoms with Crippen molar-refractivity contribution in [3.63, 3.8) is 0 Å². The van der Waals surface area contributed by atoms with Crippen molar-refractivity contribution in [3.8, 4) is 5.82 Å². The van der Waals surface area contributed by atoms with Crippen molar-refractivity contribution in [2.75, 3.05) is 26.7 Å². The van der Waals surface area contributed by atoms with Gasteiger partial charge < -0.3 is 15.5 Å². The molecule has 8 nitrogen and oxygen atoms in total. The van der Waals surface area contributed by atoms with Crippen molar-refractivity contribution in [2.45, 2.75) is 25.8 Å². The average Bonchev–Trinajstić information content (AvgIpc) is 3.33. The summed E-state index contributed by atoms with van der Waals surface area (Å²) in [6, 6.07) is 5.89. The number of nitrogens with zero attached hydrogens (tertiary/aromatic N) is 5. The van der Waals surface area contributed by atoms with Gasteiger partial charge in [-0.3, -0.25) is 9.79 Å². The first-order valence-corrected chi connectivity index (χ1v) is 9.35. The van der Waals surface area contributed by atoms with Gasteiger partial charge in [0.05, 0.1) is 0 Å². The molecule has 4 rings (SSSR count). The van der Waals surface area contributed by atoms with Gasteiger partial charge in [0, 0.05) is 63.7 Å². The number of halogens is 1. The lowest BCUT2D eigenvalue weighted by Crippen LogP contribution is -2.51. The Bertz CT molecular complexity index is 839. The van der Waals surface area contributed by atoms with E-state index >= 15 is 0 Å². The largest absolute Gasteiger partial charge is 0.355 e. The number of aromatic nitrogens is 3. The highest BCUT2D eigenvalue weighted by molar-refractivity contribution is 14.0. The molecule has 28 heavy (non-hydrogen) atoms. The number of likely N-dealkylation sites (tertiary alicyclic amines) is 1. The minimum absolute atomic E-state index is 0. The Balaban J connectivity index is 0.00000225. The van der Waals surface area contributed by atoms with Crippen LogP contribution in [0, 0.1) is 5.41 Å². The monoisotopic (exact) mass is 495 g/mol. The van der Waals surface area contributed by atoms with E-state index in [1.807, 2.05) is 31.4 Å². The molecule has 0 bridgehead atoms. The fourth-order valence-electron chi connectivity index (χ4n) is 4.04. The number of nitrogens with one attached hydrogen (secondary N) is 2. The molecule has 2 saturated heterocycles. The summed E-state index contributed by atoms with van der Waals surface area (Å²) in [4.78, 5) is 22.8. The normalized spacial score (nSPS) is 22.1. The van der Waals surface area contributed by atoms with Crippen molar-refractivity contribution < 1.29 is 4.79 Å². The first-order valence-electron chi connectivity index (χ1n) is 9.35. The van der Waals surface area contributed by atoms with Crippen molar-refractivity contribution in [1.29, 1.82) is 0 Å². The first kappa shape index (κ1) is 20.6. The maximum atomic E-state index is 11.7. The molecule has 0 saturated carbocycles. The summed E-state index contributed by atoms with van der Waals surface area (Å²) in [7, 11) is 1.81. The molecule has 2 aliphatic heterocycles. The molecule has 2 aromatic rings. The van der Waals surface area contributed by atoms with Crippen LogP contribution in [0.1, 0.15) is 24.8 Å². The minimum atomic E-state index is 0. The number of pyridine rings is 1. The molecule has 0 aromatic carbocycles. The zero-order chi connectivity index (χ0) is 18.7. The Hall–Kier alpha value is -2.17. The van der Waals surface area contributed by atoms with Crippen molar-refractivity contribution in [1.82, 2.24) is 30.3 Å². The summed E-state index contributed by atoms with van der Waals surface area (Å²) < 4.78 is 1.75. The van der Waals surface area contributed by atoms with E-state index in [4.69, 9.17) is 0 Å². The summed E-state index contributed by atoms with van der Waals surface area (Å²) in [5, 5.41) is 10.7. The van der Waals surface area contributed by atoms with E-state index in [0.717, 1.165) is 49.8 Å². The lowest BCUT2D eigenvalue weighted by molar-refractivity contribution is -0.119.